The van der Waals surface area contributed by atoms with Gasteiger partial charge in [-0.15, -0.1) is 11.3 Å². The monoisotopic (exact) mass is 280 g/mol. The Hall–Kier alpha value is -0.910. The van der Waals surface area contributed by atoms with Gasteiger partial charge in [0.25, 0.3) is 0 Å². The molecule has 3 rings (SSSR count). The minimum absolute atomic E-state index is 0.0316. The van der Waals surface area contributed by atoms with Crippen molar-refractivity contribution in [3.63, 3.8) is 0 Å². The van der Waals surface area contributed by atoms with E-state index in [4.69, 9.17) is 4.74 Å². The lowest BCUT2D eigenvalue weighted by Gasteiger charge is -2.34. The topological polar surface area (TPSA) is 41.6 Å². The van der Waals surface area contributed by atoms with E-state index < -0.39 is 0 Å². The number of hydrogen-bond donors (Lipinski definition) is 1. The van der Waals surface area contributed by atoms with Crippen LogP contribution in [0.1, 0.15) is 37.2 Å². The molecule has 0 aliphatic carbocycles. The van der Waals surface area contributed by atoms with Gasteiger partial charge in [-0.25, -0.2) is 0 Å². The van der Waals surface area contributed by atoms with Crippen molar-refractivity contribution in [3.05, 3.63) is 22.4 Å². The highest BCUT2D eigenvalue weighted by molar-refractivity contribution is 7.10. The first kappa shape index (κ1) is 13.1. The maximum atomic E-state index is 12.6. The van der Waals surface area contributed by atoms with Crippen LogP contribution in [0.3, 0.4) is 0 Å². The number of thiophene rings is 1. The van der Waals surface area contributed by atoms with E-state index in [0.717, 1.165) is 25.9 Å². The molecule has 3 atom stereocenters. The quantitative estimate of drug-likeness (QED) is 0.922. The van der Waals surface area contributed by atoms with E-state index in [9.17, 15) is 4.79 Å². The van der Waals surface area contributed by atoms with Crippen LogP contribution >= 0.6 is 11.3 Å². The van der Waals surface area contributed by atoms with Gasteiger partial charge in [-0.05, 0) is 30.7 Å². The largest absolute Gasteiger partial charge is 0.379 e. The second-order valence-electron chi connectivity index (χ2n) is 5.16. The minimum atomic E-state index is -0.0472. The summed E-state index contributed by atoms with van der Waals surface area (Å²) in [6.07, 6.45) is 2.96. The van der Waals surface area contributed by atoms with Crippen LogP contribution in [-0.2, 0) is 9.53 Å². The number of hydrogen-bond acceptors (Lipinski definition) is 4. The zero-order valence-corrected chi connectivity index (χ0v) is 12.0. The third kappa shape index (κ3) is 2.42. The van der Waals surface area contributed by atoms with Crippen molar-refractivity contribution in [1.82, 2.24) is 10.2 Å². The van der Waals surface area contributed by atoms with Crippen molar-refractivity contribution in [1.29, 1.82) is 0 Å². The zero-order chi connectivity index (χ0) is 13.2. The van der Waals surface area contributed by atoms with Gasteiger partial charge < -0.3 is 9.64 Å². The van der Waals surface area contributed by atoms with Crippen LogP contribution in [0.5, 0.6) is 0 Å². The average Bonchev–Trinajstić information content (AvgIpc) is 3.07. The normalized spacial score (nSPS) is 31.9. The lowest BCUT2D eigenvalue weighted by atomic mass is 10.1. The van der Waals surface area contributed by atoms with Crippen LogP contribution in [0.25, 0.3) is 0 Å². The number of amides is 1. The van der Waals surface area contributed by atoms with E-state index in [-0.39, 0.29) is 24.2 Å². The van der Waals surface area contributed by atoms with Crippen LogP contribution in [0.2, 0.25) is 0 Å². The van der Waals surface area contributed by atoms with Crippen molar-refractivity contribution in [2.24, 2.45) is 0 Å². The molecule has 3 heterocycles. The number of nitrogens with one attached hydrogen (secondary N) is 1. The second kappa shape index (κ2) is 5.61. The van der Waals surface area contributed by atoms with Crippen LogP contribution in [-0.4, -0.2) is 36.1 Å². The molecule has 2 saturated heterocycles. The molecule has 0 aromatic carbocycles. The summed E-state index contributed by atoms with van der Waals surface area (Å²) in [7, 11) is 0. The molecule has 3 unspecified atom stereocenters. The van der Waals surface area contributed by atoms with E-state index in [0.29, 0.717) is 6.61 Å². The Morgan fingerprint density at radius 1 is 1.58 bits per heavy atom. The molecule has 1 amide bonds. The lowest BCUT2D eigenvalue weighted by Crippen LogP contribution is -2.44. The molecular weight excluding hydrogens is 260 g/mol. The van der Waals surface area contributed by atoms with Crippen molar-refractivity contribution in [2.75, 3.05) is 13.2 Å². The van der Waals surface area contributed by atoms with Gasteiger partial charge in [-0.3, -0.25) is 10.1 Å². The summed E-state index contributed by atoms with van der Waals surface area (Å²) in [4.78, 5) is 15.8. The Kier molecular flexibility index (Phi) is 3.86. The molecule has 1 aromatic rings. The van der Waals surface area contributed by atoms with Crippen LogP contribution in [0.15, 0.2) is 17.5 Å². The summed E-state index contributed by atoms with van der Waals surface area (Å²) in [5, 5.41) is 5.54. The van der Waals surface area contributed by atoms with E-state index in [2.05, 4.69) is 23.7 Å². The van der Waals surface area contributed by atoms with Gasteiger partial charge in [0.15, 0.2) is 0 Å². The number of nitrogens with zero attached hydrogens (tertiary/aromatic N) is 1. The third-order valence-electron chi connectivity index (χ3n) is 3.94. The summed E-state index contributed by atoms with van der Waals surface area (Å²) < 4.78 is 5.56. The highest BCUT2D eigenvalue weighted by Crippen LogP contribution is 2.33. The Balaban J connectivity index is 1.85. The molecule has 1 N–H and O–H groups in total. The number of ether oxygens (including phenoxy) is 1. The maximum Gasteiger partial charge on any atom is 0.241 e. The van der Waals surface area contributed by atoms with Crippen LogP contribution in [0, 0.1) is 0 Å². The van der Waals surface area contributed by atoms with Gasteiger partial charge in [0.05, 0.1) is 18.7 Å². The SMILES string of the molecule is CCC1NC(c2cccs2)N(C2CCCOC2)C1=O. The van der Waals surface area contributed by atoms with Crippen molar-refractivity contribution in [2.45, 2.75) is 44.4 Å². The van der Waals surface area contributed by atoms with Gasteiger partial charge in [-0.2, -0.15) is 0 Å². The third-order valence-corrected chi connectivity index (χ3v) is 4.87. The number of carbonyl (C=O) groups excluding carboxylic acids is 1. The molecule has 2 aliphatic heterocycles. The van der Waals surface area contributed by atoms with Gasteiger partial charge in [0.1, 0.15) is 6.17 Å². The van der Waals surface area contributed by atoms with E-state index in [1.165, 1.54) is 4.88 Å². The van der Waals surface area contributed by atoms with Gasteiger partial charge in [-0.1, -0.05) is 13.0 Å². The molecule has 5 heteroatoms. The highest BCUT2D eigenvalue weighted by Gasteiger charge is 2.43. The van der Waals surface area contributed by atoms with Crippen molar-refractivity contribution >= 4 is 17.2 Å². The van der Waals surface area contributed by atoms with E-state index in [1.807, 2.05) is 11.0 Å². The second-order valence-corrected chi connectivity index (χ2v) is 6.14. The molecule has 1 aromatic heterocycles. The molecule has 2 fully saturated rings. The standard InChI is InChI=1S/C14H20N2O2S/c1-2-11-14(17)16(10-5-3-7-18-9-10)13(15-11)12-6-4-8-19-12/h4,6,8,10-11,13,15H,2-3,5,7,9H2,1H3. The van der Waals surface area contributed by atoms with Crippen LogP contribution < -0.4 is 5.32 Å². The predicted molar refractivity (Wildman–Crippen MR) is 75.0 cm³/mol. The number of carbonyl (C=O) groups is 1. The molecule has 104 valence electrons. The summed E-state index contributed by atoms with van der Waals surface area (Å²) in [6.45, 7) is 3.56. The number of rotatable bonds is 3. The van der Waals surface area contributed by atoms with Crippen LogP contribution in [0.4, 0.5) is 0 Å². The molecule has 0 radical (unpaired) electrons. The van der Waals surface area contributed by atoms with Gasteiger partial charge in [0, 0.05) is 11.5 Å². The molecule has 2 aliphatic rings. The average molecular weight is 280 g/mol. The highest BCUT2D eigenvalue weighted by atomic mass is 32.1. The molecule has 4 nitrogen and oxygen atoms in total. The Bertz CT molecular complexity index is 429. The fourth-order valence-corrected chi connectivity index (χ4v) is 3.72. The zero-order valence-electron chi connectivity index (χ0n) is 11.2. The summed E-state index contributed by atoms with van der Waals surface area (Å²) in [6, 6.07) is 4.32. The van der Waals surface area contributed by atoms with Gasteiger partial charge >= 0.3 is 0 Å². The molecule has 0 saturated carbocycles. The maximum absolute atomic E-state index is 12.6. The Morgan fingerprint density at radius 3 is 3.11 bits per heavy atom. The summed E-state index contributed by atoms with van der Waals surface area (Å²) in [5.41, 5.74) is 0. The fraction of sp³-hybridized carbons (Fsp3) is 0.643. The molecule has 19 heavy (non-hydrogen) atoms. The van der Waals surface area contributed by atoms with E-state index in [1.54, 1.807) is 11.3 Å². The lowest BCUT2D eigenvalue weighted by molar-refractivity contribution is -0.135. The molecular formula is C14H20N2O2S. The van der Waals surface area contributed by atoms with Crippen molar-refractivity contribution < 1.29 is 9.53 Å². The summed E-state index contributed by atoms with van der Waals surface area (Å²) in [5.74, 6) is 0.233. The molecule has 0 spiro atoms. The van der Waals surface area contributed by atoms with Crippen molar-refractivity contribution in [3.8, 4) is 0 Å². The van der Waals surface area contributed by atoms with E-state index >= 15 is 0 Å². The first-order valence-corrected chi connectivity index (χ1v) is 7.88. The fourth-order valence-electron chi connectivity index (χ4n) is 2.94. The summed E-state index contributed by atoms with van der Waals surface area (Å²) >= 11 is 1.71. The first-order valence-electron chi connectivity index (χ1n) is 7.00. The Morgan fingerprint density at radius 2 is 2.47 bits per heavy atom. The Labute approximate surface area is 117 Å². The van der Waals surface area contributed by atoms with Gasteiger partial charge in [0.2, 0.25) is 5.91 Å². The molecule has 0 bridgehead atoms. The smallest absolute Gasteiger partial charge is 0.241 e. The predicted octanol–water partition coefficient (Wildman–Crippen LogP) is 2.14. The first-order chi connectivity index (χ1) is 9.31. The minimum Gasteiger partial charge on any atom is -0.379 e.